The Morgan fingerprint density at radius 2 is 2.30 bits per heavy atom. The zero-order chi connectivity index (χ0) is 13.4. The smallest absolute Gasteiger partial charge is 0.139 e. The van der Waals surface area contributed by atoms with Crippen molar-refractivity contribution in [2.75, 3.05) is 37.7 Å². The largest absolute Gasteiger partial charge is 0.492 e. The molecule has 4 heterocycles. The molecular formula is C15H21N3O2. The third-order valence-electron chi connectivity index (χ3n) is 4.33. The molecule has 3 saturated heterocycles. The summed E-state index contributed by atoms with van der Waals surface area (Å²) in [5, 5.41) is 3.45. The molecule has 20 heavy (non-hydrogen) atoms. The summed E-state index contributed by atoms with van der Waals surface area (Å²) in [6, 6.07) is 2.52. The number of hydrogen-bond acceptors (Lipinski definition) is 5. The lowest BCUT2D eigenvalue weighted by Crippen LogP contribution is -2.49. The zero-order valence-electron chi connectivity index (χ0n) is 11.6. The lowest BCUT2D eigenvalue weighted by atomic mass is 10.2. The molecule has 1 aromatic rings. The summed E-state index contributed by atoms with van der Waals surface area (Å²) in [4.78, 5) is 6.75. The highest BCUT2D eigenvalue weighted by Gasteiger charge is 2.32. The van der Waals surface area contributed by atoms with Crippen molar-refractivity contribution < 1.29 is 9.47 Å². The first-order chi connectivity index (χ1) is 9.88. The summed E-state index contributed by atoms with van der Waals surface area (Å²) >= 11 is 0. The van der Waals surface area contributed by atoms with Crippen LogP contribution in [0.5, 0.6) is 5.75 Å². The summed E-state index contributed by atoms with van der Waals surface area (Å²) in [7, 11) is 0. The van der Waals surface area contributed by atoms with Crippen LogP contribution < -0.4 is 15.0 Å². The van der Waals surface area contributed by atoms with Crippen molar-refractivity contribution in [3.05, 3.63) is 18.5 Å². The highest BCUT2D eigenvalue weighted by atomic mass is 16.5. The maximum atomic E-state index is 5.84. The van der Waals surface area contributed by atoms with Crippen LogP contribution in [0.25, 0.3) is 0 Å². The van der Waals surface area contributed by atoms with E-state index in [1.807, 2.05) is 12.4 Å². The molecule has 1 N–H and O–H groups in total. The molecule has 5 nitrogen and oxygen atoms in total. The molecule has 2 bridgehead atoms. The van der Waals surface area contributed by atoms with Gasteiger partial charge in [-0.05, 0) is 18.8 Å². The highest BCUT2D eigenvalue weighted by molar-refractivity contribution is 5.50. The van der Waals surface area contributed by atoms with Crippen molar-refractivity contribution in [2.24, 2.45) is 5.92 Å². The lowest BCUT2D eigenvalue weighted by Gasteiger charge is -2.37. The van der Waals surface area contributed by atoms with Crippen molar-refractivity contribution in [1.82, 2.24) is 10.3 Å². The number of ether oxygens (including phenoxy) is 2. The van der Waals surface area contributed by atoms with Gasteiger partial charge in [0, 0.05) is 25.7 Å². The van der Waals surface area contributed by atoms with E-state index in [1.54, 1.807) is 0 Å². The lowest BCUT2D eigenvalue weighted by molar-refractivity contribution is 0.0391. The number of aromatic nitrogens is 1. The first-order valence-electron chi connectivity index (χ1n) is 7.55. The third kappa shape index (κ3) is 2.60. The van der Waals surface area contributed by atoms with Crippen LogP contribution >= 0.6 is 0 Å². The van der Waals surface area contributed by atoms with Crippen molar-refractivity contribution in [3.8, 4) is 5.75 Å². The molecule has 1 aromatic heterocycles. The van der Waals surface area contributed by atoms with E-state index in [-0.39, 0.29) is 6.10 Å². The van der Waals surface area contributed by atoms with Gasteiger partial charge >= 0.3 is 0 Å². The normalized spacial score (nSPS) is 29.3. The fourth-order valence-electron chi connectivity index (χ4n) is 2.92. The number of rotatable bonds is 4. The van der Waals surface area contributed by atoms with E-state index in [9.17, 15) is 0 Å². The Balaban J connectivity index is 1.50. The summed E-state index contributed by atoms with van der Waals surface area (Å²) < 4.78 is 11.7. The first-order valence-corrected chi connectivity index (χ1v) is 7.55. The molecule has 0 spiro atoms. The van der Waals surface area contributed by atoms with Gasteiger partial charge in [-0.3, -0.25) is 4.98 Å². The van der Waals surface area contributed by atoms with E-state index in [1.165, 1.54) is 12.8 Å². The molecule has 3 aliphatic heterocycles. The summed E-state index contributed by atoms with van der Waals surface area (Å²) in [6.45, 7) is 4.49. The molecule has 5 rings (SSSR count). The maximum absolute atomic E-state index is 5.84. The number of pyridine rings is 1. The van der Waals surface area contributed by atoms with E-state index in [2.05, 4.69) is 21.3 Å². The van der Waals surface area contributed by atoms with Crippen LogP contribution in [0, 0.1) is 5.92 Å². The van der Waals surface area contributed by atoms with Gasteiger partial charge in [0.25, 0.3) is 0 Å². The molecule has 4 fully saturated rings. The fraction of sp³-hybridized carbons (Fsp3) is 0.667. The van der Waals surface area contributed by atoms with Gasteiger partial charge in [-0.15, -0.1) is 0 Å². The Labute approximate surface area is 119 Å². The zero-order valence-corrected chi connectivity index (χ0v) is 11.6. The monoisotopic (exact) mass is 275 g/mol. The van der Waals surface area contributed by atoms with Gasteiger partial charge < -0.3 is 19.7 Å². The fourth-order valence-corrected chi connectivity index (χ4v) is 2.92. The molecule has 5 heteroatoms. The van der Waals surface area contributed by atoms with Crippen LogP contribution in [-0.4, -0.2) is 50.0 Å². The van der Waals surface area contributed by atoms with Gasteiger partial charge in [0.2, 0.25) is 0 Å². The van der Waals surface area contributed by atoms with E-state index < -0.39 is 0 Å². The van der Waals surface area contributed by atoms with Crippen LogP contribution in [0.4, 0.5) is 5.69 Å². The number of nitrogens with one attached hydrogen (secondary N) is 1. The van der Waals surface area contributed by atoms with Crippen LogP contribution in [0.1, 0.15) is 12.8 Å². The Hall–Kier alpha value is -1.33. The molecule has 4 aliphatic rings. The summed E-state index contributed by atoms with van der Waals surface area (Å²) in [6.07, 6.45) is 6.66. The second-order valence-corrected chi connectivity index (χ2v) is 6.05. The van der Waals surface area contributed by atoms with Crippen molar-refractivity contribution >= 4 is 5.69 Å². The highest BCUT2D eigenvalue weighted by Crippen LogP contribution is 2.30. The number of morpholine rings is 1. The molecule has 0 radical (unpaired) electrons. The average Bonchev–Trinajstić information content (AvgIpc) is 3.32. The van der Waals surface area contributed by atoms with Crippen LogP contribution in [0.3, 0.4) is 0 Å². The molecular weight excluding hydrogens is 254 g/mol. The molecule has 2 unspecified atom stereocenters. The molecule has 0 aromatic carbocycles. The van der Waals surface area contributed by atoms with Crippen LogP contribution in [0.15, 0.2) is 18.5 Å². The van der Waals surface area contributed by atoms with E-state index >= 15 is 0 Å². The van der Waals surface area contributed by atoms with Gasteiger partial charge in [-0.1, -0.05) is 0 Å². The molecule has 0 amide bonds. The second kappa shape index (κ2) is 5.22. The van der Waals surface area contributed by atoms with E-state index in [0.29, 0.717) is 6.04 Å². The Morgan fingerprint density at radius 3 is 3.20 bits per heavy atom. The standard InChI is InChI=1S/C15H21N3O2/c1-2-11(1)9-19-14-3-12(4-16-6-14)18-8-15-7-17-5-13(18)10-20-15/h3-4,6,11,13,15,17H,1-2,5,7-10H2. The predicted octanol–water partition coefficient (Wildman–Crippen LogP) is 1.05. The van der Waals surface area contributed by atoms with Gasteiger partial charge in [-0.25, -0.2) is 0 Å². The summed E-state index contributed by atoms with van der Waals surface area (Å²) in [5.41, 5.74) is 1.15. The quantitative estimate of drug-likeness (QED) is 0.890. The minimum absolute atomic E-state index is 0.282. The number of nitrogens with zero attached hydrogens (tertiary/aromatic N) is 2. The van der Waals surface area contributed by atoms with Gasteiger partial charge in [-0.2, -0.15) is 0 Å². The van der Waals surface area contributed by atoms with Crippen molar-refractivity contribution in [1.29, 1.82) is 0 Å². The van der Waals surface area contributed by atoms with Gasteiger partial charge in [0.05, 0.1) is 43.4 Å². The Bertz CT molecular complexity index is 474. The molecule has 1 aliphatic carbocycles. The molecule has 108 valence electrons. The minimum Gasteiger partial charge on any atom is -0.492 e. The van der Waals surface area contributed by atoms with E-state index in [0.717, 1.165) is 50.2 Å². The first kappa shape index (κ1) is 12.4. The Kier molecular flexibility index (Phi) is 3.24. The van der Waals surface area contributed by atoms with Crippen molar-refractivity contribution in [3.63, 3.8) is 0 Å². The van der Waals surface area contributed by atoms with Crippen molar-refractivity contribution in [2.45, 2.75) is 25.0 Å². The predicted molar refractivity (Wildman–Crippen MR) is 76.2 cm³/mol. The summed E-state index contributed by atoms with van der Waals surface area (Å²) in [5.74, 6) is 1.66. The molecule has 2 atom stereocenters. The number of hydrogen-bond donors (Lipinski definition) is 1. The topological polar surface area (TPSA) is 46.6 Å². The average molecular weight is 275 g/mol. The number of anilines is 1. The van der Waals surface area contributed by atoms with Gasteiger partial charge in [0.15, 0.2) is 0 Å². The second-order valence-electron chi connectivity index (χ2n) is 6.05. The third-order valence-corrected chi connectivity index (χ3v) is 4.33. The van der Waals surface area contributed by atoms with Crippen LogP contribution in [-0.2, 0) is 4.74 Å². The van der Waals surface area contributed by atoms with Gasteiger partial charge in [0.1, 0.15) is 5.75 Å². The maximum Gasteiger partial charge on any atom is 0.139 e. The Morgan fingerprint density at radius 1 is 1.35 bits per heavy atom. The van der Waals surface area contributed by atoms with E-state index in [4.69, 9.17) is 9.47 Å². The SMILES string of the molecule is c1ncc(N2CC3CNCC2CO3)cc1OCC1CC1. The molecule has 1 saturated carbocycles. The van der Waals surface area contributed by atoms with Crippen LogP contribution in [0.2, 0.25) is 0 Å². The number of fused-ring (bicyclic) bond motifs is 4. The minimum atomic E-state index is 0.282.